The van der Waals surface area contributed by atoms with Gasteiger partial charge in [0.25, 0.3) is 0 Å². The summed E-state index contributed by atoms with van der Waals surface area (Å²) in [6, 6.07) is 0. The summed E-state index contributed by atoms with van der Waals surface area (Å²) in [5.74, 6) is 0. The van der Waals surface area contributed by atoms with Gasteiger partial charge in [-0.05, 0) is 6.42 Å². The van der Waals surface area contributed by atoms with Crippen LogP contribution in [0.5, 0.6) is 0 Å². The molecular formula is C5H14PS+. The van der Waals surface area contributed by atoms with E-state index in [1.54, 1.807) is 0 Å². The first kappa shape index (κ1) is 7.78. The van der Waals surface area contributed by atoms with Crippen LogP contribution in [0, 0.1) is 0 Å². The Hall–Kier alpha value is 0.780. The highest BCUT2D eigenvalue weighted by Gasteiger charge is 2.15. The lowest BCUT2D eigenvalue weighted by Crippen LogP contribution is -1.83. The fourth-order valence-corrected chi connectivity index (χ4v) is 2.24. The maximum absolute atomic E-state index is 4.45. The predicted octanol–water partition coefficient (Wildman–Crippen LogP) is 2.52. The molecule has 0 saturated heterocycles. The molecule has 0 fully saturated rings. The Kier molecular flexibility index (Phi) is 3.27. The highest BCUT2D eigenvalue weighted by Crippen LogP contribution is 2.56. The summed E-state index contributed by atoms with van der Waals surface area (Å²) in [5, 5.41) is 0. The average molecular weight is 137 g/mol. The van der Waals surface area contributed by atoms with Crippen molar-refractivity contribution in [2.75, 3.05) is 19.5 Å². The lowest BCUT2D eigenvalue weighted by Gasteiger charge is -2.05. The molecule has 0 aromatic rings. The van der Waals surface area contributed by atoms with E-state index < -0.39 is 6.46 Å². The second kappa shape index (κ2) is 2.94. The molecule has 0 unspecified atom stereocenters. The first-order valence-electron chi connectivity index (χ1n) is 2.62. The maximum atomic E-state index is 4.45. The number of thiol groups is 1. The largest absolute Gasteiger partial charge is 0.0687 e. The lowest BCUT2D eigenvalue weighted by molar-refractivity contribution is 1.10. The highest BCUT2D eigenvalue weighted by molar-refractivity contribution is 8.52. The molecule has 0 bridgehead atoms. The van der Waals surface area contributed by atoms with Gasteiger partial charge in [-0.1, -0.05) is 6.92 Å². The van der Waals surface area contributed by atoms with Gasteiger partial charge < -0.3 is 0 Å². The molecule has 0 aromatic carbocycles. The second-order valence-electron chi connectivity index (χ2n) is 2.34. The van der Waals surface area contributed by atoms with Crippen LogP contribution in [0.15, 0.2) is 0 Å². The summed E-state index contributed by atoms with van der Waals surface area (Å²) >= 11 is 4.45. The first-order chi connectivity index (χ1) is 3.06. The van der Waals surface area contributed by atoms with E-state index in [4.69, 9.17) is 0 Å². The average Bonchev–Trinajstić information content (AvgIpc) is 1.30. The molecule has 0 spiro atoms. The molecule has 44 valence electrons. The van der Waals surface area contributed by atoms with Crippen LogP contribution in [0.3, 0.4) is 0 Å². The third-order valence-corrected chi connectivity index (χ3v) is 2.91. The van der Waals surface area contributed by atoms with Crippen molar-refractivity contribution in [3.05, 3.63) is 0 Å². The molecule has 0 saturated carbocycles. The van der Waals surface area contributed by atoms with Gasteiger partial charge in [0.1, 0.15) is 0 Å². The van der Waals surface area contributed by atoms with E-state index in [2.05, 4.69) is 32.5 Å². The van der Waals surface area contributed by atoms with Crippen LogP contribution >= 0.6 is 18.7 Å². The normalized spacial score (nSPS) is 12.0. The minimum Gasteiger partial charge on any atom is -0.0619 e. The van der Waals surface area contributed by atoms with Crippen LogP contribution in [0.25, 0.3) is 0 Å². The number of hydrogen-bond acceptors (Lipinski definition) is 1. The smallest absolute Gasteiger partial charge is 0.0619 e. The van der Waals surface area contributed by atoms with Crippen molar-refractivity contribution in [3.8, 4) is 0 Å². The molecule has 0 aromatic heterocycles. The van der Waals surface area contributed by atoms with E-state index in [-0.39, 0.29) is 0 Å². The Labute approximate surface area is 52.2 Å². The van der Waals surface area contributed by atoms with Crippen molar-refractivity contribution < 1.29 is 0 Å². The first-order valence-corrected chi connectivity index (χ1v) is 6.64. The van der Waals surface area contributed by atoms with Crippen LogP contribution in [-0.4, -0.2) is 19.5 Å². The van der Waals surface area contributed by atoms with Gasteiger partial charge in [-0.15, -0.1) is 0 Å². The van der Waals surface area contributed by atoms with Crippen molar-refractivity contribution in [2.45, 2.75) is 13.3 Å². The van der Waals surface area contributed by atoms with Gasteiger partial charge in [0, 0.05) is 12.2 Å². The topological polar surface area (TPSA) is 0 Å². The van der Waals surface area contributed by atoms with Crippen LogP contribution in [0.4, 0.5) is 0 Å². The molecule has 2 heteroatoms. The fraction of sp³-hybridized carbons (Fsp3) is 1.00. The van der Waals surface area contributed by atoms with Crippen molar-refractivity contribution in [3.63, 3.8) is 0 Å². The Balaban J connectivity index is 3.15. The van der Waals surface area contributed by atoms with Gasteiger partial charge in [-0.3, -0.25) is 0 Å². The van der Waals surface area contributed by atoms with Crippen LogP contribution in [0.1, 0.15) is 13.3 Å². The maximum Gasteiger partial charge on any atom is 0.0687 e. The summed E-state index contributed by atoms with van der Waals surface area (Å²) in [4.78, 5) is 0. The molecular weight excluding hydrogens is 123 g/mol. The van der Waals surface area contributed by atoms with Gasteiger partial charge in [0.15, 0.2) is 0 Å². The molecule has 0 aliphatic heterocycles. The van der Waals surface area contributed by atoms with Crippen LogP contribution in [0.2, 0.25) is 0 Å². The fourth-order valence-electron chi connectivity index (χ4n) is 0.547. The predicted molar refractivity (Wildman–Crippen MR) is 42.9 cm³/mol. The van der Waals surface area contributed by atoms with Crippen molar-refractivity contribution in [1.82, 2.24) is 0 Å². The van der Waals surface area contributed by atoms with Crippen molar-refractivity contribution in [2.24, 2.45) is 0 Å². The van der Waals surface area contributed by atoms with Crippen molar-refractivity contribution >= 4 is 18.7 Å². The van der Waals surface area contributed by atoms with Gasteiger partial charge in [-0.25, -0.2) is 0 Å². The second-order valence-corrected chi connectivity index (χ2v) is 9.28. The summed E-state index contributed by atoms with van der Waals surface area (Å²) in [6.45, 7) is 5.98. The molecule has 0 amide bonds. The van der Waals surface area contributed by atoms with Gasteiger partial charge >= 0.3 is 0 Å². The lowest BCUT2D eigenvalue weighted by atomic mass is 10.6. The zero-order valence-corrected chi connectivity index (χ0v) is 7.10. The summed E-state index contributed by atoms with van der Waals surface area (Å²) in [5.41, 5.74) is 0. The van der Waals surface area contributed by atoms with E-state index in [1.165, 1.54) is 12.6 Å². The molecule has 0 aliphatic carbocycles. The molecule has 0 atom stereocenters. The van der Waals surface area contributed by atoms with Crippen LogP contribution < -0.4 is 0 Å². The Morgan fingerprint density at radius 3 is 1.86 bits per heavy atom. The number of rotatable bonds is 2. The van der Waals surface area contributed by atoms with Crippen LogP contribution in [-0.2, 0) is 0 Å². The number of hydrogen-bond donors (Lipinski definition) is 1. The van der Waals surface area contributed by atoms with E-state index in [1.807, 2.05) is 0 Å². The molecule has 0 nitrogen and oxygen atoms in total. The molecule has 0 heterocycles. The van der Waals surface area contributed by atoms with E-state index in [0.717, 1.165) is 0 Å². The zero-order chi connectivity index (χ0) is 5.91. The van der Waals surface area contributed by atoms with Gasteiger partial charge in [-0.2, -0.15) is 0 Å². The third kappa shape index (κ3) is 6.78. The third-order valence-electron chi connectivity index (χ3n) is 0.771. The van der Waals surface area contributed by atoms with E-state index in [9.17, 15) is 0 Å². The molecule has 0 radical (unpaired) electrons. The summed E-state index contributed by atoms with van der Waals surface area (Å²) < 4.78 is 0. The molecule has 0 rings (SSSR count). The minimum atomic E-state index is -0.721. The monoisotopic (exact) mass is 137 g/mol. The van der Waals surface area contributed by atoms with Crippen molar-refractivity contribution in [1.29, 1.82) is 0 Å². The molecule has 7 heavy (non-hydrogen) atoms. The standard InChI is InChI=1S/C5H14PS/c1-4-5-6(2,3)7/h7H,4-5H2,1-3H3/q+1. The highest BCUT2D eigenvalue weighted by atomic mass is 32.7. The summed E-state index contributed by atoms with van der Waals surface area (Å²) in [7, 11) is 0. The Bertz CT molecular complexity index is 46.5. The Morgan fingerprint density at radius 2 is 1.86 bits per heavy atom. The molecule has 0 aliphatic rings. The Morgan fingerprint density at radius 1 is 1.43 bits per heavy atom. The van der Waals surface area contributed by atoms with E-state index >= 15 is 0 Å². The van der Waals surface area contributed by atoms with Gasteiger partial charge in [0.2, 0.25) is 0 Å². The summed E-state index contributed by atoms with van der Waals surface area (Å²) in [6.07, 6.45) is 2.60. The molecule has 0 N–H and O–H groups in total. The van der Waals surface area contributed by atoms with Gasteiger partial charge in [0.05, 0.1) is 26.0 Å². The SMILES string of the molecule is CCC[P+](C)(C)S. The zero-order valence-electron chi connectivity index (χ0n) is 5.31. The minimum absolute atomic E-state index is 0.721. The van der Waals surface area contributed by atoms with E-state index in [0.29, 0.717) is 0 Å². The quantitative estimate of drug-likeness (QED) is 0.439.